The minimum absolute atomic E-state index is 0.0577. The number of nitrogens with zero attached hydrogens (tertiary/aromatic N) is 1. The molecule has 1 unspecified atom stereocenters. The van der Waals surface area contributed by atoms with Crippen LogP contribution in [0.15, 0.2) is 0 Å². The van der Waals surface area contributed by atoms with Crippen molar-refractivity contribution in [3.05, 3.63) is 0 Å². The molecule has 0 aromatic rings. The number of esters is 2. The van der Waals surface area contributed by atoms with Crippen LogP contribution < -0.4 is 0 Å². The van der Waals surface area contributed by atoms with E-state index in [2.05, 4.69) is 0 Å². The van der Waals surface area contributed by atoms with E-state index in [1.807, 2.05) is 60.5 Å². The summed E-state index contributed by atoms with van der Waals surface area (Å²) >= 11 is 0. The molecule has 0 rings (SSSR count). The first kappa shape index (κ1) is 24.9. The highest BCUT2D eigenvalue weighted by molar-refractivity contribution is 5.79. The second kappa shape index (κ2) is 10.3. The Morgan fingerprint density at radius 2 is 1.46 bits per heavy atom. The van der Waals surface area contributed by atoms with Gasteiger partial charge in [0.15, 0.2) is 0 Å². The van der Waals surface area contributed by atoms with Gasteiger partial charge >= 0.3 is 11.9 Å². The first-order valence-electron chi connectivity index (χ1n) is 9.37. The first-order chi connectivity index (χ1) is 11.7. The highest BCUT2D eigenvalue weighted by atomic mass is 16.6. The van der Waals surface area contributed by atoms with Crippen LogP contribution >= 0.6 is 0 Å². The molecule has 6 heteroatoms. The molecular formula is C20H39NO5. The van der Waals surface area contributed by atoms with Crippen molar-refractivity contribution in [1.82, 2.24) is 4.90 Å². The molecule has 0 aliphatic heterocycles. The normalized spacial score (nSPS) is 14.8. The van der Waals surface area contributed by atoms with Crippen molar-refractivity contribution < 1.29 is 23.8 Å². The Morgan fingerprint density at radius 3 is 1.92 bits per heavy atom. The molecule has 0 radical (unpaired) electrons. The van der Waals surface area contributed by atoms with Crippen molar-refractivity contribution >= 4 is 11.9 Å². The molecule has 0 bridgehead atoms. The van der Waals surface area contributed by atoms with E-state index in [-0.39, 0.29) is 19.2 Å². The number of ether oxygens (including phenoxy) is 3. The van der Waals surface area contributed by atoms with Crippen LogP contribution in [0, 0.1) is 10.8 Å². The standard InChI is InChI=1S/C20H39NO5/c1-10-19(5,6)16(22)25-14-20(7,15-26-18(2,3)4)17(23)24-13-11-12-21(8)9/h10-15H2,1-9H3. The van der Waals surface area contributed by atoms with Crippen molar-refractivity contribution in [3.63, 3.8) is 0 Å². The van der Waals surface area contributed by atoms with E-state index in [0.717, 1.165) is 13.0 Å². The molecule has 0 spiro atoms. The quantitative estimate of drug-likeness (QED) is 0.409. The maximum Gasteiger partial charge on any atom is 0.317 e. The molecule has 6 nitrogen and oxygen atoms in total. The zero-order chi connectivity index (χ0) is 20.6. The summed E-state index contributed by atoms with van der Waals surface area (Å²) in [4.78, 5) is 27.0. The number of hydrogen-bond acceptors (Lipinski definition) is 6. The summed E-state index contributed by atoms with van der Waals surface area (Å²) in [6.07, 6.45) is 1.41. The molecule has 0 fully saturated rings. The number of rotatable bonds is 11. The van der Waals surface area contributed by atoms with Crippen LogP contribution in [0.25, 0.3) is 0 Å². The predicted molar refractivity (Wildman–Crippen MR) is 103 cm³/mol. The van der Waals surface area contributed by atoms with Crippen LogP contribution in [-0.2, 0) is 23.8 Å². The van der Waals surface area contributed by atoms with Gasteiger partial charge in [-0.1, -0.05) is 6.92 Å². The third-order valence-corrected chi connectivity index (χ3v) is 4.26. The van der Waals surface area contributed by atoms with Gasteiger partial charge < -0.3 is 19.1 Å². The smallest absolute Gasteiger partial charge is 0.317 e. The van der Waals surface area contributed by atoms with E-state index in [9.17, 15) is 9.59 Å². The largest absolute Gasteiger partial charge is 0.465 e. The molecule has 0 amide bonds. The fourth-order valence-corrected chi connectivity index (χ4v) is 1.82. The molecule has 0 saturated heterocycles. The van der Waals surface area contributed by atoms with Crippen LogP contribution in [0.1, 0.15) is 61.3 Å². The topological polar surface area (TPSA) is 65.1 Å². The van der Waals surface area contributed by atoms with Gasteiger partial charge in [0.05, 0.1) is 24.2 Å². The highest BCUT2D eigenvalue weighted by Crippen LogP contribution is 2.27. The van der Waals surface area contributed by atoms with E-state index < -0.39 is 22.4 Å². The van der Waals surface area contributed by atoms with Gasteiger partial charge in [-0.25, -0.2) is 0 Å². The Balaban J connectivity index is 4.94. The van der Waals surface area contributed by atoms with E-state index >= 15 is 0 Å². The molecule has 0 N–H and O–H groups in total. The molecule has 0 saturated carbocycles. The average Bonchev–Trinajstić information content (AvgIpc) is 2.53. The summed E-state index contributed by atoms with van der Waals surface area (Å²) < 4.78 is 16.7. The van der Waals surface area contributed by atoms with Gasteiger partial charge in [0, 0.05) is 6.54 Å². The minimum atomic E-state index is -1.04. The van der Waals surface area contributed by atoms with Gasteiger partial charge in [0.25, 0.3) is 0 Å². The molecule has 0 aliphatic carbocycles. The zero-order valence-electron chi connectivity index (χ0n) is 18.2. The van der Waals surface area contributed by atoms with Gasteiger partial charge in [0.2, 0.25) is 0 Å². The fraction of sp³-hybridized carbons (Fsp3) is 0.900. The Kier molecular flexibility index (Phi) is 9.81. The van der Waals surface area contributed by atoms with Crippen LogP contribution in [0.2, 0.25) is 0 Å². The van der Waals surface area contributed by atoms with Crippen molar-refractivity contribution in [3.8, 4) is 0 Å². The summed E-state index contributed by atoms with van der Waals surface area (Å²) in [6.45, 7) is 14.3. The lowest BCUT2D eigenvalue weighted by Crippen LogP contribution is -2.43. The van der Waals surface area contributed by atoms with Crippen molar-refractivity contribution in [2.24, 2.45) is 10.8 Å². The summed E-state index contributed by atoms with van der Waals surface area (Å²) in [5.74, 6) is -0.718. The third kappa shape index (κ3) is 9.53. The molecule has 1 atom stereocenters. The average molecular weight is 374 g/mol. The van der Waals surface area contributed by atoms with Crippen molar-refractivity contribution in [2.45, 2.75) is 66.9 Å². The lowest BCUT2D eigenvalue weighted by Gasteiger charge is -2.32. The second-order valence-corrected chi connectivity index (χ2v) is 9.07. The number of carbonyl (C=O) groups is 2. The van der Waals surface area contributed by atoms with E-state index in [4.69, 9.17) is 14.2 Å². The maximum absolute atomic E-state index is 12.7. The summed E-state index contributed by atoms with van der Waals surface area (Å²) in [5.41, 5.74) is -2.02. The van der Waals surface area contributed by atoms with E-state index in [1.165, 1.54) is 0 Å². The summed E-state index contributed by atoms with van der Waals surface area (Å²) in [6, 6.07) is 0. The molecular weight excluding hydrogens is 334 g/mol. The SMILES string of the molecule is CCC(C)(C)C(=O)OCC(C)(COC(C)(C)C)C(=O)OCCCN(C)C. The fourth-order valence-electron chi connectivity index (χ4n) is 1.82. The first-order valence-corrected chi connectivity index (χ1v) is 9.37. The maximum atomic E-state index is 12.7. The van der Waals surface area contributed by atoms with Crippen LogP contribution in [-0.4, -0.2) is 62.9 Å². The van der Waals surface area contributed by atoms with Gasteiger partial charge in [0.1, 0.15) is 12.0 Å². The third-order valence-electron chi connectivity index (χ3n) is 4.26. The van der Waals surface area contributed by atoms with Crippen molar-refractivity contribution in [2.75, 3.05) is 40.5 Å². The Morgan fingerprint density at radius 1 is 0.885 bits per heavy atom. The van der Waals surface area contributed by atoms with Gasteiger partial charge in [-0.15, -0.1) is 0 Å². The van der Waals surface area contributed by atoms with Gasteiger partial charge in [-0.05, 0) is 68.5 Å². The van der Waals surface area contributed by atoms with E-state index in [1.54, 1.807) is 6.92 Å². The predicted octanol–water partition coefficient (Wildman–Crippen LogP) is 3.28. The Bertz CT molecular complexity index is 454. The molecule has 26 heavy (non-hydrogen) atoms. The Hall–Kier alpha value is -1.14. The summed E-state index contributed by atoms with van der Waals surface area (Å²) in [7, 11) is 3.94. The zero-order valence-corrected chi connectivity index (χ0v) is 18.2. The second-order valence-electron chi connectivity index (χ2n) is 9.07. The molecule has 0 aliphatic rings. The van der Waals surface area contributed by atoms with Gasteiger partial charge in [-0.3, -0.25) is 9.59 Å². The molecule has 0 aromatic carbocycles. The van der Waals surface area contributed by atoms with Crippen LogP contribution in [0.5, 0.6) is 0 Å². The Labute approximate surface area is 159 Å². The molecule has 0 aromatic heterocycles. The monoisotopic (exact) mass is 373 g/mol. The van der Waals surface area contributed by atoms with Crippen LogP contribution in [0.4, 0.5) is 0 Å². The van der Waals surface area contributed by atoms with E-state index in [0.29, 0.717) is 13.0 Å². The van der Waals surface area contributed by atoms with Crippen molar-refractivity contribution in [1.29, 1.82) is 0 Å². The number of hydrogen-bond donors (Lipinski definition) is 0. The highest BCUT2D eigenvalue weighted by Gasteiger charge is 2.40. The lowest BCUT2D eigenvalue weighted by molar-refractivity contribution is -0.174. The minimum Gasteiger partial charge on any atom is -0.465 e. The summed E-state index contributed by atoms with van der Waals surface area (Å²) in [5, 5.41) is 0. The molecule has 0 heterocycles. The van der Waals surface area contributed by atoms with Gasteiger partial charge in [-0.2, -0.15) is 0 Å². The molecule has 154 valence electrons. The lowest BCUT2D eigenvalue weighted by atomic mass is 9.89. The number of carbonyl (C=O) groups excluding carboxylic acids is 2. The van der Waals surface area contributed by atoms with Crippen LogP contribution in [0.3, 0.4) is 0 Å².